The number of phenolic OH excluding ortho intramolecular Hbond substituents is 1. The van der Waals surface area contributed by atoms with E-state index in [-0.39, 0.29) is 24.9 Å². The molecule has 0 aliphatic heterocycles. The molecule has 2 unspecified atom stereocenters. The molecular formula is C24H36NO6P. The molecule has 2 rings (SSSR count). The zero-order valence-corrected chi connectivity index (χ0v) is 19.6. The van der Waals surface area contributed by atoms with Crippen LogP contribution in [0.2, 0.25) is 0 Å². The lowest BCUT2D eigenvalue weighted by Crippen LogP contribution is -2.32. The Morgan fingerprint density at radius 2 is 1.69 bits per heavy atom. The highest BCUT2D eigenvalue weighted by molar-refractivity contribution is 7.57. The number of aromatic hydroxyl groups is 1. The number of benzene rings is 2. The van der Waals surface area contributed by atoms with Crippen LogP contribution in [0.5, 0.6) is 17.2 Å². The standard InChI is InChI=1S/C24H36NO6P/c1-2-20(7-6-16-32(28,29)19-31-23-8-4-3-5-9-23)14-15-25-17-22(27)18-30-24-12-10-21(26)11-13-24/h3-5,8-13,20,22,25-27H,2,6-7,14-19H2,1H3,(H,28,29)/t20-,22?/m0/s1. The van der Waals surface area contributed by atoms with Gasteiger partial charge in [-0.3, -0.25) is 4.57 Å². The Kier molecular flexibility index (Phi) is 11.6. The Labute approximate surface area is 190 Å². The van der Waals surface area contributed by atoms with Gasteiger partial charge < -0.3 is 29.9 Å². The Morgan fingerprint density at radius 3 is 2.38 bits per heavy atom. The second kappa shape index (κ2) is 14.2. The van der Waals surface area contributed by atoms with Crippen LogP contribution in [0.4, 0.5) is 0 Å². The van der Waals surface area contributed by atoms with E-state index in [0.29, 0.717) is 30.4 Å². The second-order valence-electron chi connectivity index (χ2n) is 8.02. The van der Waals surface area contributed by atoms with Crippen molar-refractivity contribution in [3.63, 3.8) is 0 Å². The lowest BCUT2D eigenvalue weighted by atomic mass is 9.97. The predicted octanol–water partition coefficient (Wildman–Crippen LogP) is 4.22. The van der Waals surface area contributed by atoms with Crippen molar-refractivity contribution >= 4 is 7.37 Å². The zero-order valence-electron chi connectivity index (χ0n) is 18.7. The van der Waals surface area contributed by atoms with Crippen molar-refractivity contribution in [2.24, 2.45) is 5.92 Å². The number of para-hydroxylation sites is 1. The fourth-order valence-corrected chi connectivity index (χ4v) is 4.46. The van der Waals surface area contributed by atoms with E-state index in [1.807, 2.05) is 18.2 Å². The Hall–Kier alpha value is -2.05. The summed E-state index contributed by atoms with van der Waals surface area (Å²) < 4.78 is 23.3. The van der Waals surface area contributed by atoms with Gasteiger partial charge in [-0.1, -0.05) is 31.5 Å². The first-order valence-corrected chi connectivity index (χ1v) is 13.2. The molecule has 7 nitrogen and oxygen atoms in total. The fourth-order valence-electron chi connectivity index (χ4n) is 3.30. The van der Waals surface area contributed by atoms with E-state index < -0.39 is 13.5 Å². The van der Waals surface area contributed by atoms with Crippen molar-refractivity contribution < 1.29 is 29.1 Å². The van der Waals surface area contributed by atoms with E-state index >= 15 is 0 Å². The maximum atomic E-state index is 12.3. The van der Waals surface area contributed by atoms with Crippen LogP contribution in [0.15, 0.2) is 54.6 Å². The van der Waals surface area contributed by atoms with Gasteiger partial charge in [0, 0.05) is 12.7 Å². The molecule has 0 aliphatic rings. The first kappa shape index (κ1) is 26.2. The quantitative estimate of drug-likeness (QED) is 0.217. The number of nitrogens with one attached hydrogen (secondary N) is 1. The highest BCUT2D eigenvalue weighted by atomic mass is 31.2. The third-order valence-electron chi connectivity index (χ3n) is 5.26. The predicted molar refractivity (Wildman–Crippen MR) is 127 cm³/mol. The summed E-state index contributed by atoms with van der Waals surface area (Å²) in [6, 6.07) is 15.5. The molecule has 0 saturated carbocycles. The van der Waals surface area contributed by atoms with Crippen LogP contribution in [0.1, 0.15) is 32.6 Å². The topological polar surface area (TPSA) is 108 Å². The maximum Gasteiger partial charge on any atom is 0.236 e. The third kappa shape index (κ3) is 11.0. The van der Waals surface area contributed by atoms with Crippen LogP contribution in [-0.4, -0.2) is 53.4 Å². The number of hydrogen-bond acceptors (Lipinski definition) is 6. The molecule has 2 aromatic carbocycles. The molecule has 0 amide bonds. The molecule has 4 N–H and O–H groups in total. The van der Waals surface area contributed by atoms with Gasteiger partial charge in [0.1, 0.15) is 30.0 Å². The van der Waals surface area contributed by atoms with E-state index in [1.165, 1.54) is 12.1 Å². The van der Waals surface area contributed by atoms with Crippen molar-refractivity contribution in [3.8, 4) is 17.2 Å². The van der Waals surface area contributed by atoms with Gasteiger partial charge in [-0.2, -0.15) is 0 Å². The summed E-state index contributed by atoms with van der Waals surface area (Å²) in [7, 11) is -3.30. The van der Waals surface area contributed by atoms with E-state index in [1.54, 1.807) is 24.3 Å². The summed E-state index contributed by atoms with van der Waals surface area (Å²) in [6.07, 6.45) is 3.00. The molecule has 2 aromatic rings. The molecule has 0 aliphatic carbocycles. The highest BCUT2D eigenvalue weighted by Crippen LogP contribution is 2.42. The number of aliphatic hydroxyl groups is 1. The lowest BCUT2D eigenvalue weighted by Gasteiger charge is -2.18. The van der Waals surface area contributed by atoms with Gasteiger partial charge in [0.25, 0.3) is 0 Å². The van der Waals surface area contributed by atoms with Crippen LogP contribution < -0.4 is 14.8 Å². The second-order valence-corrected chi connectivity index (χ2v) is 10.4. The molecular weight excluding hydrogens is 429 g/mol. The van der Waals surface area contributed by atoms with Gasteiger partial charge in [-0.15, -0.1) is 0 Å². The molecule has 0 saturated heterocycles. The van der Waals surface area contributed by atoms with Crippen molar-refractivity contribution in [1.82, 2.24) is 5.32 Å². The van der Waals surface area contributed by atoms with Crippen LogP contribution in [0, 0.1) is 5.92 Å². The normalized spacial score (nSPS) is 15.0. The average Bonchev–Trinajstić information content (AvgIpc) is 2.79. The molecule has 8 heteroatoms. The van der Waals surface area contributed by atoms with Crippen molar-refractivity contribution in [3.05, 3.63) is 54.6 Å². The van der Waals surface area contributed by atoms with Crippen molar-refractivity contribution in [1.29, 1.82) is 0 Å². The molecule has 0 heterocycles. The SMILES string of the molecule is CC[C@@H](CCCP(=O)(O)COc1ccccc1)CCNCC(O)COc1ccc(O)cc1. The summed E-state index contributed by atoms with van der Waals surface area (Å²) in [5.41, 5.74) is 0. The van der Waals surface area contributed by atoms with Crippen LogP contribution >= 0.6 is 7.37 Å². The van der Waals surface area contributed by atoms with E-state index in [0.717, 1.165) is 25.8 Å². The summed E-state index contributed by atoms with van der Waals surface area (Å²) in [4.78, 5) is 10.1. The van der Waals surface area contributed by atoms with Crippen LogP contribution in [-0.2, 0) is 4.57 Å². The van der Waals surface area contributed by atoms with Gasteiger partial charge in [0.05, 0.1) is 0 Å². The molecule has 0 radical (unpaired) electrons. The van der Waals surface area contributed by atoms with Crippen LogP contribution in [0.25, 0.3) is 0 Å². The Bertz CT molecular complexity index is 802. The van der Waals surface area contributed by atoms with E-state index in [2.05, 4.69) is 12.2 Å². The fraction of sp³-hybridized carbons (Fsp3) is 0.500. The molecule has 178 valence electrons. The number of hydrogen-bond donors (Lipinski definition) is 4. The maximum absolute atomic E-state index is 12.3. The van der Waals surface area contributed by atoms with Crippen molar-refractivity contribution in [2.75, 3.05) is 32.2 Å². The average molecular weight is 466 g/mol. The first-order chi connectivity index (χ1) is 15.4. The van der Waals surface area contributed by atoms with Gasteiger partial charge in [0.15, 0.2) is 6.35 Å². The highest BCUT2D eigenvalue weighted by Gasteiger charge is 2.20. The summed E-state index contributed by atoms with van der Waals surface area (Å²) in [5, 5.41) is 22.5. The lowest BCUT2D eigenvalue weighted by molar-refractivity contribution is 0.106. The molecule has 3 atom stereocenters. The Morgan fingerprint density at radius 1 is 1.00 bits per heavy atom. The zero-order chi connectivity index (χ0) is 23.2. The summed E-state index contributed by atoms with van der Waals surface area (Å²) >= 11 is 0. The first-order valence-electron chi connectivity index (χ1n) is 11.2. The minimum absolute atomic E-state index is 0.153. The number of ether oxygens (including phenoxy) is 2. The molecule has 32 heavy (non-hydrogen) atoms. The number of rotatable bonds is 16. The van der Waals surface area contributed by atoms with Gasteiger partial charge in [0.2, 0.25) is 7.37 Å². The smallest absolute Gasteiger partial charge is 0.236 e. The van der Waals surface area contributed by atoms with Gasteiger partial charge in [-0.25, -0.2) is 0 Å². The minimum atomic E-state index is -3.30. The Balaban J connectivity index is 1.55. The van der Waals surface area contributed by atoms with Crippen LogP contribution in [0.3, 0.4) is 0 Å². The molecule has 0 aromatic heterocycles. The van der Waals surface area contributed by atoms with E-state index in [9.17, 15) is 19.7 Å². The number of phenols is 1. The molecule has 0 spiro atoms. The molecule has 0 bridgehead atoms. The molecule has 0 fully saturated rings. The summed E-state index contributed by atoms with van der Waals surface area (Å²) in [5.74, 6) is 1.84. The van der Waals surface area contributed by atoms with E-state index in [4.69, 9.17) is 9.47 Å². The largest absolute Gasteiger partial charge is 0.508 e. The number of aliphatic hydroxyl groups excluding tert-OH is 1. The van der Waals surface area contributed by atoms with Gasteiger partial charge in [-0.05, 0) is 68.1 Å². The van der Waals surface area contributed by atoms with Gasteiger partial charge >= 0.3 is 0 Å². The third-order valence-corrected chi connectivity index (χ3v) is 6.81. The monoisotopic (exact) mass is 465 g/mol. The van der Waals surface area contributed by atoms with Crippen molar-refractivity contribution in [2.45, 2.75) is 38.7 Å². The summed E-state index contributed by atoms with van der Waals surface area (Å²) in [6.45, 7) is 3.49. The minimum Gasteiger partial charge on any atom is -0.508 e.